The second-order valence-corrected chi connectivity index (χ2v) is 4.27. The Hall–Kier alpha value is -1.16. The number of aromatic nitrogens is 2. The highest BCUT2D eigenvalue weighted by Gasteiger charge is 1.95. The average molecular weight is 223 g/mol. The topological polar surface area (TPSA) is 47.0 Å². The maximum atomic E-state index is 5.49. The number of anilines is 1. The van der Waals surface area contributed by atoms with E-state index in [1.165, 1.54) is 0 Å². The second kappa shape index (κ2) is 7.17. The molecule has 0 radical (unpaired) electrons. The van der Waals surface area contributed by atoms with Crippen LogP contribution in [-0.2, 0) is 4.74 Å². The van der Waals surface area contributed by atoms with Crippen molar-refractivity contribution < 1.29 is 4.74 Å². The van der Waals surface area contributed by atoms with Gasteiger partial charge in [-0.15, -0.1) is 0 Å². The van der Waals surface area contributed by atoms with E-state index in [-0.39, 0.29) is 0 Å². The molecule has 1 rings (SSSR count). The number of nitrogens with one attached hydrogen (secondary N) is 1. The molecule has 1 aromatic rings. The average Bonchev–Trinajstić information content (AvgIpc) is 2.23. The van der Waals surface area contributed by atoms with Gasteiger partial charge in [0.1, 0.15) is 12.1 Å². The summed E-state index contributed by atoms with van der Waals surface area (Å²) < 4.78 is 5.49. The van der Waals surface area contributed by atoms with Crippen LogP contribution >= 0.6 is 0 Å². The maximum absolute atomic E-state index is 5.49. The standard InChI is InChI=1S/C12H21N3O/c1-10(2)4-6-16-7-5-13-12-8-11(3)14-9-15-12/h8-10H,4-7H2,1-3H3,(H,13,14,15). The highest BCUT2D eigenvalue weighted by atomic mass is 16.5. The fourth-order valence-electron chi connectivity index (χ4n) is 1.22. The van der Waals surface area contributed by atoms with Gasteiger partial charge in [0, 0.05) is 24.9 Å². The highest BCUT2D eigenvalue weighted by molar-refractivity contribution is 5.34. The summed E-state index contributed by atoms with van der Waals surface area (Å²) in [6, 6.07) is 1.92. The van der Waals surface area contributed by atoms with E-state index in [0.29, 0.717) is 5.92 Å². The molecule has 1 aromatic heterocycles. The van der Waals surface area contributed by atoms with E-state index in [4.69, 9.17) is 4.74 Å². The number of hydrogen-bond donors (Lipinski definition) is 1. The fraction of sp³-hybridized carbons (Fsp3) is 0.667. The lowest BCUT2D eigenvalue weighted by molar-refractivity contribution is 0.132. The largest absolute Gasteiger partial charge is 0.380 e. The summed E-state index contributed by atoms with van der Waals surface area (Å²) in [6.07, 6.45) is 2.68. The fourth-order valence-corrected chi connectivity index (χ4v) is 1.22. The third-order valence-electron chi connectivity index (χ3n) is 2.20. The first-order valence-electron chi connectivity index (χ1n) is 5.78. The van der Waals surface area contributed by atoms with Crippen LogP contribution < -0.4 is 5.32 Å². The van der Waals surface area contributed by atoms with Gasteiger partial charge >= 0.3 is 0 Å². The highest BCUT2D eigenvalue weighted by Crippen LogP contribution is 2.02. The molecular formula is C12H21N3O. The predicted molar refractivity (Wildman–Crippen MR) is 65.5 cm³/mol. The molecule has 1 N–H and O–H groups in total. The second-order valence-electron chi connectivity index (χ2n) is 4.27. The Morgan fingerprint density at radius 3 is 2.81 bits per heavy atom. The third-order valence-corrected chi connectivity index (χ3v) is 2.20. The molecular weight excluding hydrogens is 202 g/mol. The Morgan fingerprint density at radius 1 is 1.31 bits per heavy atom. The van der Waals surface area contributed by atoms with Crippen molar-refractivity contribution in [3.8, 4) is 0 Å². The summed E-state index contributed by atoms with van der Waals surface area (Å²) in [6.45, 7) is 8.69. The molecule has 0 unspecified atom stereocenters. The summed E-state index contributed by atoms with van der Waals surface area (Å²) in [5.74, 6) is 1.57. The van der Waals surface area contributed by atoms with Gasteiger partial charge in [-0.25, -0.2) is 9.97 Å². The summed E-state index contributed by atoms with van der Waals surface area (Å²) in [4.78, 5) is 8.14. The lowest BCUT2D eigenvalue weighted by atomic mass is 10.1. The lowest BCUT2D eigenvalue weighted by Gasteiger charge is -2.08. The zero-order valence-electron chi connectivity index (χ0n) is 10.4. The van der Waals surface area contributed by atoms with Crippen LogP contribution in [0.3, 0.4) is 0 Å². The zero-order valence-corrected chi connectivity index (χ0v) is 10.4. The van der Waals surface area contributed by atoms with Gasteiger partial charge in [0.2, 0.25) is 0 Å². The van der Waals surface area contributed by atoms with Crippen LogP contribution in [0.25, 0.3) is 0 Å². The minimum Gasteiger partial charge on any atom is -0.380 e. The molecule has 0 aromatic carbocycles. The van der Waals surface area contributed by atoms with Crippen LogP contribution in [0, 0.1) is 12.8 Å². The number of rotatable bonds is 7. The van der Waals surface area contributed by atoms with Crippen LogP contribution in [0.1, 0.15) is 26.0 Å². The number of ether oxygens (including phenoxy) is 1. The Morgan fingerprint density at radius 2 is 2.12 bits per heavy atom. The summed E-state index contributed by atoms with van der Waals surface area (Å²) in [5, 5.41) is 3.20. The molecule has 1 heterocycles. The number of nitrogens with zero attached hydrogens (tertiary/aromatic N) is 2. The monoisotopic (exact) mass is 223 g/mol. The van der Waals surface area contributed by atoms with E-state index in [2.05, 4.69) is 29.1 Å². The molecule has 0 bridgehead atoms. The van der Waals surface area contributed by atoms with Gasteiger partial charge in [-0.1, -0.05) is 13.8 Å². The minimum atomic E-state index is 0.706. The Kier molecular flexibility index (Phi) is 5.78. The van der Waals surface area contributed by atoms with Crippen molar-refractivity contribution in [2.24, 2.45) is 5.92 Å². The SMILES string of the molecule is Cc1cc(NCCOCCC(C)C)ncn1. The van der Waals surface area contributed by atoms with Gasteiger partial charge in [0.15, 0.2) is 0 Å². The molecule has 0 fully saturated rings. The normalized spacial score (nSPS) is 10.8. The van der Waals surface area contributed by atoms with E-state index in [1.807, 2.05) is 13.0 Å². The van der Waals surface area contributed by atoms with E-state index in [0.717, 1.165) is 37.7 Å². The van der Waals surface area contributed by atoms with Crippen molar-refractivity contribution in [2.45, 2.75) is 27.2 Å². The molecule has 0 aliphatic rings. The van der Waals surface area contributed by atoms with Crippen LogP contribution in [0.15, 0.2) is 12.4 Å². The molecule has 0 amide bonds. The maximum Gasteiger partial charge on any atom is 0.129 e. The van der Waals surface area contributed by atoms with Crippen LogP contribution in [0.5, 0.6) is 0 Å². The van der Waals surface area contributed by atoms with Gasteiger partial charge in [-0.05, 0) is 19.3 Å². The number of aryl methyl sites for hydroxylation is 1. The minimum absolute atomic E-state index is 0.706. The number of hydrogen-bond acceptors (Lipinski definition) is 4. The molecule has 0 aliphatic heterocycles. The van der Waals surface area contributed by atoms with Crippen molar-refractivity contribution in [2.75, 3.05) is 25.1 Å². The lowest BCUT2D eigenvalue weighted by Crippen LogP contribution is -2.11. The Balaban J connectivity index is 2.07. The van der Waals surface area contributed by atoms with Crippen molar-refractivity contribution in [1.29, 1.82) is 0 Å². The van der Waals surface area contributed by atoms with Gasteiger partial charge in [0.25, 0.3) is 0 Å². The zero-order chi connectivity index (χ0) is 11.8. The van der Waals surface area contributed by atoms with Crippen LogP contribution in [-0.4, -0.2) is 29.7 Å². The first kappa shape index (κ1) is 12.9. The van der Waals surface area contributed by atoms with Gasteiger partial charge in [-0.3, -0.25) is 0 Å². The molecule has 0 aliphatic carbocycles. The first-order chi connectivity index (χ1) is 7.68. The van der Waals surface area contributed by atoms with Crippen molar-refractivity contribution >= 4 is 5.82 Å². The Labute approximate surface area is 97.5 Å². The van der Waals surface area contributed by atoms with E-state index in [1.54, 1.807) is 6.33 Å². The van der Waals surface area contributed by atoms with Crippen molar-refractivity contribution in [1.82, 2.24) is 9.97 Å². The molecule has 4 heteroatoms. The molecule has 0 saturated heterocycles. The van der Waals surface area contributed by atoms with Crippen LogP contribution in [0.4, 0.5) is 5.82 Å². The predicted octanol–water partition coefficient (Wildman–Crippen LogP) is 2.26. The molecule has 0 spiro atoms. The summed E-state index contributed by atoms with van der Waals surface area (Å²) in [5.41, 5.74) is 0.971. The first-order valence-corrected chi connectivity index (χ1v) is 5.78. The quantitative estimate of drug-likeness (QED) is 0.720. The van der Waals surface area contributed by atoms with E-state index in [9.17, 15) is 0 Å². The van der Waals surface area contributed by atoms with Crippen LogP contribution in [0.2, 0.25) is 0 Å². The van der Waals surface area contributed by atoms with Crippen molar-refractivity contribution in [3.05, 3.63) is 18.1 Å². The smallest absolute Gasteiger partial charge is 0.129 e. The molecule has 4 nitrogen and oxygen atoms in total. The van der Waals surface area contributed by atoms with E-state index < -0.39 is 0 Å². The molecule has 0 atom stereocenters. The van der Waals surface area contributed by atoms with Gasteiger partial charge in [0.05, 0.1) is 6.61 Å². The molecule has 0 saturated carbocycles. The van der Waals surface area contributed by atoms with E-state index >= 15 is 0 Å². The summed E-state index contributed by atoms with van der Waals surface area (Å²) >= 11 is 0. The molecule has 16 heavy (non-hydrogen) atoms. The van der Waals surface area contributed by atoms with Gasteiger partial charge < -0.3 is 10.1 Å². The molecule has 90 valence electrons. The van der Waals surface area contributed by atoms with Crippen molar-refractivity contribution in [3.63, 3.8) is 0 Å². The third kappa shape index (κ3) is 5.66. The summed E-state index contributed by atoms with van der Waals surface area (Å²) in [7, 11) is 0. The van der Waals surface area contributed by atoms with Gasteiger partial charge in [-0.2, -0.15) is 0 Å². The Bertz CT molecular complexity index is 302.